The largest absolute Gasteiger partial charge is 0.492 e. The first-order valence-electron chi connectivity index (χ1n) is 8.65. The lowest BCUT2D eigenvalue weighted by molar-refractivity contribution is -0.0504. The number of para-hydroxylation sites is 1. The highest BCUT2D eigenvalue weighted by atomic mass is 19.3. The number of rotatable bonds is 8. The first-order chi connectivity index (χ1) is 13.7. The quantitative estimate of drug-likeness (QED) is 0.408. The highest BCUT2D eigenvalue weighted by Crippen LogP contribution is 2.34. The summed E-state index contributed by atoms with van der Waals surface area (Å²) in [5.41, 5.74) is 0.599. The van der Waals surface area contributed by atoms with Crippen LogP contribution in [0.15, 0.2) is 47.5 Å². The number of hydrogen-bond donors (Lipinski definition) is 2. The number of hydrogen-bond acceptors (Lipinski definition) is 5. The van der Waals surface area contributed by atoms with E-state index in [-0.39, 0.29) is 19.1 Å². The van der Waals surface area contributed by atoms with E-state index in [1.807, 2.05) is 0 Å². The van der Waals surface area contributed by atoms with Crippen LogP contribution in [0.3, 0.4) is 0 Å². The van der Waals surface area contributed by atoms with Gasteiger partial charge in [-0.25, -0.2) is 0 Å². The fourth-order valence-corrected chi connectivity index (χ4v) is 2.57. The number of nitrogens with one attached hydrogen (secondary N) is 2. The van der Waals surface area contributed by atoms with Crippen LogP contribution in [0, 0.1) is 0 Å². The number of fused-ring (bicyclic) bond motifs is 1. The van der Waals surface area contributed by atoms with Crippen LogP contribution in [0.1, 0.15) is 5.56 Å². The molecule has 2 aromatic rings. The molecule has 1 aliphatic heterocycles. The van der Waals surface area contributed by atoms with Gasteiger partial charge in [0.2, 0.25) is 6.79 Å². The summed E-state index contributed by atoms with van der Waals surface area (Å²) < 4.78 is 45.7. The first-order valence-corrected chi connectivity index (χ1v) is 8.65. The molecule has 0 unspecified atom stereocenters. The summed E-state index contributed by atoms with van der Waals surface area (Å²) >= 11 is 0. The molecule has 9 heteroatoms. The van der Waals surface area contributed by atoms with Gasteiger partial charge in [-0.15, -0.1) is 0 Å². The summed E-state index contributed by atoms with van der Waals surface area (Å²) in [6.07, 6.45) is 0. The number of guanidine groups is 1. The van der Waals surface area contributed by atoms with E-state index in [4.69, 9.17) is 14.2 Å². The molecule has 0 atom stereocenters. The Kier molecular flexibility index (Phi) is 6.72. The normalized spacial score (nSPS) is 12.8. The highest BCUT2D eigenvalue weighted by molar-refractivity contribution is 5.79. The molecule has 0 amide bonds. The summed E-state index contributed by atoms with van der Waals surface area (Å²) in [7, 11) is 1.62. The van der Waals surface area contributed by atoms with Crippen LogP contribution in [-0.2, 0) is 6.54 Å². The number of halogens is 2. The van der Waals surface area contributed by atoms with Gasteiger partial charge in [-0.2, -0.15) is 8.78 Å². The van der Waals surface area contributed by atoms with E-state index in [0.717, 1.165) is 0 Å². The van der Waals surface area contributed by atoms with E-state index < -0.39 is 6.61 Å². The van der Waals surface area contributed by atoms with Crippen LogP contribution in [0.5, 0.6) is 23.0 Å². The predicted molar refractivity (Wildman–Crippen MR) is 99.3 cm³/mol. The summed E-state index contributed by atoms with van der Waals surface area (Å²) in [5.74, 6) is 2.68. The van der Waals surface area contributed by atoms with E-state index >= 15 is 0 Å². The second-order valence-corrected chi connectivity index (χ2v) is 5.70. The summed E-state index contributed by atoms with van der Waals surface area (Å²) in [6.45, 7) is -1.49. The Hall–Kier alpha value is -3.23. The van der Waals surface area contributed by atoms with Gasteiger partial charge < -0.3 is 29.6 Å². The Morgan fingerprint density at radius 2 is 1.96 bits per heavy atom. The van der Waals surface area contributed by atoms with Gasteiger partial charge in [0.15, 0.2) is 17.5 Å². The Morgan fingerprint density at radius 1 is 1.14 bits per heavy atom. The minimum absolute atomic E-state index is 0.131. The van der Waals surface area contributed by atoms with Crippen molar-refractivity contribution in [3.8, 4) is 23.0 Å². The van der Waals surface area contributed by atoms with Gasteiger partial charge in [0, 0.05) is 25.2 Å². The van der Waals surface area contributed by atoms with E-state index in [1.165, 1.54) is 6.07 Å². The molecule has 1 aliphatic rings. The summed E-state index contributed by atoms with van der Waals surface area (Å²) in [6, 6.07) is 12.0. The molecule has 0 aliphatic carbocycles. The van der Waals surface area contributed by atoms with Crippen LogP contribution < -0.4 is 29.6 Å². The van der Waals surface area contributed by atoms with E-state index in [9.17, 15) is 8.78 Å². The average molecular weight is 393 g/mol. The predicted octanol–water partition coefficient (Wildman–Crippen LogP) is 2.76. The maximum Gasteiger partial charge on any atom is 0.387 e. The van der Waals surface area contributed by atoms with Crippen molar-refractivity contribution in [2.24, 2.45) is 4.99 Å². The molecule has 0 spiro atoms. The smallest absolute Gasteiger partial charge is 0.387 e. The molecular formula is C19H21F2N3O4. The lowest BCUT2D eigenvalue weighted by atomic mass is 10.2. The van der Waals surface area contributed by atoms with Gasteiger partial charge in [0.1, 0.15) is 18.1 Å². The van der Waals surface area contributed by atoms with Gasteiger partial charge >= 0.3 is 6.61 Å². The lowest BCUT2D eigenvalue weighted by Crippen LogP contribution is -2.39. The van der Waals surface area contributed by atoms with Crippen molar-refractivity contribution in [2.45, 2.75) is 13.2 Å². The van der Waals surface area contributed by atoms with Crippen LogP contribution in [0.4, 0.5) is 8.78 Å². The molecule has 0 saturated heterocycles. The van der Waals surface area contributed by atoms with Gasteiger partial charge in [0.05, 0.1) is 6.54 Å². The lowest BCUT2D eigenvalue weighted by Gasteiger charge is -2.14. The average Bonchev–Trinajstić information content (AvgIpc) is 3.16. The minimum atomic E-state index is -2.87. The molecule has 0 bridgehead atoms. The zero-order chi connectivity index (χ0) is 19.8. The van der Waals surface area contributed by atoms with Crippen molar-refractivity contribution < 1.29 is 27.7 Å². The fraction of sp³-hybridized carbons (Fsp3) is 0.316. The molecular weight excluding hydrogens is 372 g/mol. The molecule has 1 heterocycles. The number of ether oxygens (including phenoxy) is 4. The second kappa shape index (κ2) is 9.63. The molecule has 0 radical (unpaired) electrons. The second-order valence-electron chi connectivity index (χ2n) is 5.70. The SMILES string of the molecule is CN=C(NCCOc1ccc2c(c1)OCO2)NCc1ccccc1OC(F)F. The number of benzene rings is 2. The molecule has 28 heavy (non-hydrogen) atoms. The van der Waals surface area contributed by atoms with Crippen LogP contribution in [0.2, 0.25) is 0 Å². The standard InChI is InChI=1S/C19H21F2N3O4/c1-22-19(24-11-13-4-2-3-5-15(13)28-18(20)21)23-8-9-25-14-6-7-16-17(10-14)27-12-26-16/h2-7,10,18H,8-9,11-12H2,1H3,(H2,22,23,24). The Balaban J connectivity index is 1.43. The van der Waals surface area contributed by atoms with Crippen LogP contribution in [0.25, 0.3) is 0 Å². The molecule has 0 fully saturated rings. The monoisotopic (exact) mass is 393 g/mol. The van der Waals surface area contributed by atoms with Crippen molar-refractivity contribution in [1.82, 2.24) is 10.6 Å². The van der Waals surface area contributed by atoms with Crippen molar-refractivity contribution in [3.05, 3.63) is 48.0 Å². The molecule has 150 valence electrons. The molecule has 0 saturated carbocycles. The Morgan fingerprint density at radius 3 is 2.79 bits per heavy atom. The van der Waals surface area contributed by atoms with Crippen molar-refractivity contribution in [3.63, 3.8) is 0 Å². The maximum atomic E-state index is 12.5. The minimum Gasteiger partial charge on any atom is -0.492 e. The highest BCUT2D eigenvalue weighted by Gasteiger charge is 2.13. The molecule has 3 rings (SSSR count). The fourth-order valence-electron chi connectivity index (χ4n) is 2.57. The first kappa shape index (κ1) is 19.5. The van der Waals surface area contributed by atoms with E-state index in [0.29, 0.717) is 41.9 Å². The maximum absolute atomic E-state index is 12.5. The van der Waals surface area contributed by atoms with Crippen molar-refractivity contribution >= 4 is 5.96 Å². The zero-order valence-electron chi connectivity index (χ0n) is 15.3. The summed E-state index contributed by atoms with van der Waals surface area (Å²) in [4.78, 5) is 4.10. The molecule has 2 aromatic carbocycles. The molecule has 0 aromatic heterocycles. The Bertz CT molecular complexity index is 818. The zero-order valence-corrected chi connectivity index (χ0v) is 15.3. The molecule has 7 nitrogen and oxygen atoms in total. The number of nitrogens with zero attached hydrogens (tertiary/aromatic N) is 1. The van der Waals surface area contributed by atoms with Crippen LogP contribution >= 0.6 is 0 Å². The van der Waals surface area contributed by atoms with Gasteiger partial charge in [-0.05, 0) is 18.2 Å². The number of alkyl halides is 2. The Labute approximate surface area is 161 Å². The summed E-state index contributed by atoms with van der Waals surface area (Å²) in [5, 5.41) is 6.15. The van der Waals surface area contributed by atoms with Crippen LogP contribution in [-0.4, -0.2) is 39.6 Å². The van der Waals surface area contributed by atoms with E-state index in [1.54, 1.807) is 43.4 Å². The third-order valence-electron chi connectivity index (χ3n) is 3.87. The topological polar surface area (TPSA) is 73.3 Å². The van der Waals surface area contributed by atoms with E-state index in [2.05, 4.69) is 20.4 Å². The third kappa shape index (κ3) is 5.38. The molecule has 2 N–H and O–H groups in total. The van der Waals surface area contributed by atoms with Crippen molar-refractivity contribution in [1.29, 1.82) is 0 Å². The van der Waals surface area contributed by atoms with Gasteiger partial charge in [-0.1, -0.05) is 18.2 Å². The van der Waals surface area contributed by atoms with Gasteiger partial charge in [0.25, 0.3) is 0 Å². The number of aliphatic imine (C=N–C) groups is 1. The van der Waals surface area contributed by atoms with Gasteiger partial charge in [-0.3, -0.25) is 4.99 Å². The van der Waals surface area contributed by atoms with Crippen molar-refractivity contribution in [2.75, 3.05) is 27.0 Å². The third-order valence-corrected chi connectivity index (χ3v) is 3.87.